The smallest absolute Gasteiger partial charge is 0.354 e. The summed E-state index contributed by atoms with van der Waals surface area (Å²) in [5.74, 6) is -1.40. The van der Waals surface area contributed by atoms with Crippen molar-refractivity contribution < 1.29 is 14.3 Å². The van der Waals surface area contributed by atoms with Gasteiger partial charge in [-0.15, -0.1) is 0 Å². The molecule has 0 aliphatic rings. The van der Waals surface area contributed by atoms with Crippen molar-refractivity contribution in [1.82, 2.24) is 4.98 Å². The van der Waals surface area contributed by atoms with E-state index in [9.17, 15) is 9.18 Å². The van der Waals surface area contributed by atoms with E-state index < -0.39 is 5.97 Å². The standard InChI is InChI=1S/C15H15FN2O2/c1-2-18(13-8-4-3-7-12(13)16)10-11-6-5-9-17-14(11)15(19)20/h3-9H,2,10H2,1H3,(H,19,20). The molecular weight excluding hydrogens is 259 g/mol. The van der Waals surface area contributed by atoms with Gasteiger partial charge in [0.1, 0.15) is 5.82 Å². The van der Waals surface area contributed by atoms with Crippen LogP contribution >= 0.6 is 0 Å². The zero-order valence-corrected chi connectivity index (χ0v) is 11.1. The summed E-state index contributed by atoms with van der Waals surface area (Å²) in [5.41, 5.74) is 1.02. The molecule has 0 saturated heterocycles. The molecular formula is C15H15FN2O2. The number of benzene rings is 1. The van der Waals surface area contributed by atoms with Gasteiger partial charge in [0.25, 0.3) is 0 Å². The van der Waals surface area contributed by atoms with E-state index in [2.05, 4.69) is 4.98 Å². The van der Waals surface area contributed by atoms with Crippen molar-refractivity contribution in [2.75, 3.05) is 11.4 Å². The number of aromatic carboxylic acids is 1. The quantitative estimate of drug-likeness (QED) is 0.910. The Labute approximate surface area is 116 Å². The fraction of sp³-hybridized carbons (Fsp3) is 0.200. The molecule has 2 rings (SSSR count). The first-order valence-electron chi connectivity index (χ1n) is 6.30. The third-order valence-electron chi connectivity index (χ3n) is 3.03. The molecule has 2 aromatic rings. The SMILES string of the molecule is CCN(Cc1cccnc1C(=O)O)c1ccccc1F. The molecule has 0 fully saturated rings. The number of hydrogen-bond acceptors (Lipinski definition) is 3. The lowest BCUT2D eigenvalue weighted by Crippen LogP contribution is -2.24. The van der Waals surface area contributed by atoms with E-state index in [4.69, 9.17) is 5.11 Å². The minimum atomic E-state index is -1.08. The number of hydrogen-bond donors (Lipinski definition) is 1. The topological polar surface area (TPSA) is 53.4 Å². The maximum absolute atomic E-state index is 13.8. The zero-order valence-electron chi connectivity index (χ0n) is 11.1. The number of aromatic nitrogens is 1. The summed E-state index contributed by atoms with van der Waals surface area (Å²) in [5, 5.41) is 9.12. The molecule has 0 aliphatic heterocycles. The van der Waals surface area contributed by atoms with Crippen molar-refractivity contribution in [2.45, 2.75) is 13.5 Å². The van der Waals surface area contributed by atoms with E-state index in [0.29, 0.717) is 24.3 Å². The largest absolute Gasteiger partial charge is 0.477 e. The maximum Gasteiger partial charge on any atom is 0.354 e. The van der Waals surface area contributed by atoms with Crippen LogP contribution in [0.15, 0.2) is 42.6 Å². The summed E-state index contributed by atoms with van der Waals surface area (Å²) in [7, 11) is 0. The lowest BCUT2D eigenvalue weighted by atomic mass is 10.1. The fourth-order valence-electron chi connectivity index (χ4n) is 2.04. The van der Waals surface area contributed by atoms with Crippen LogP contribution in [0.3, 0.4) is 0 Å². The Morgan fingerprint density at radius 3 is 2.70 bits per heavy atom. The number of carboxylic acid groups (broad SMARTS) is 1. The van der Waals surface area contributed by atoms with Crippen LogP contribution in [0, 0.1) is 5.82 Å². The van der Waals surface area contributed by atoms with Crippen LogP contribution in [0.1, 0.15) is 23.0 Å². The molecule has 0 spiro atoms. The summed E-state index contributed by atoms with van der Waals surface area (Å²) in [6, 6.07) is 9.81. The molecule has 5 heteroatoms. The van der Waals surface area contributed by atoms with Gasteiger partial charge < -0.3 is 10.0 Å². The van der Waals surface area contributed by atoms with Crippen LogP contribution in [0.25, 0.3) is 0 Å². The van der Waals surface area contributed by atoms with Crippen LogP contribution in [-0.4, -0.2) is 22.6 Å². The lowest BCUT2D eigenvalue weighted by Gasteiger charge is -2.24. The normalized spacial score (nSPS) is 10.3. The number of rotatable bonds is 5. The summed E-state index contributed by atoms with van der Waals surface area (Å²) in [4.78, 5) is 16.8. The van der Waals surface area contributed by atoms with E-state index in [1.807, 2.05) is 6.92 Å². The van der Waals surface area contributed by atoms with Gasteiger partial charge >= 0.3 is 5.97 Å². The number of nitrogens with zero attached hydrogens (tertiary/aromatic N) is 2. The molecule has 1 aromatic carbocycles. The van der Waals surface area contributed by atoms with Gasteiger partial charge in [-0.05, 0) is 25.1 Å². The predicted octanol–water partition coefficient (Wildman–Crippen LogP) is 2.95. The van der Waals surface area contributed by atoms with Gasteiger partial charge in [0, 0.05) is 24.8 Å². The molecule has 0 aliphatic carbocycles. The second-order valence-corrected chi connectivity index (χ2v) is 4.28. The highest BCUT2D eigenvalue weighted by Crippen LogP contribution is 2.21. The first-order valence-corrected chi connectivity index (χ1v) is 6.30. The molecule has 0 atom stereocenters. The molecule has 4 nitrogen and oxygen atoms in total. The Balaban J connectivity index is 2.32. The monoisotopic (exact) mass is 274 g/mol. The third kappa shape index (κ3) is 2.93. The second-order valence-electron chi connectivity index (χ2n) is 4.28. The minimum absolute atomic E-state index is 0.00212. The van der Waals surface area contributed by atoms with E-state index in [1.165, 1.54) is 12.3 Å². The van der Waals surface area contributed by atoms with Crippen LogP contribution in [0.5, 0.6) is 0 Å². The first kappa shape index (κ1) is 14.0. The molecule has 1 aromatic heterocycles. The Bertz CT molecular complexity index is 616. The molecule has 104 valence electrons. The number of carboxylic acids is 1. The summed E-state index contributed by atoms with van der Waals surface area (Å²) in [6.45, 7) is 2.76. The molecule has 20 heavy (non-hydrogen) atoms. The third-order valence-corrected chi connectivity index (χ3v) is 3.03. The Kier molecular flexibility index (Phi) is 4.30. The van der Waals surface area contributed by atoms with Crippen molar-refractivity contribution >= 4 is 11.7 Å². The van der Waals surface area contributed by atoms with Gasteiger partial charge in [0.05, 0.1) is 5.69 Å². The van der Waals surface area contributed by atoms with Gasteiger partial charge in [0.2, 0.25) is 0 Å². The Morgan fingerprint density at radius 1 is 1.30 bits per heavy atom. The fourth-order valence-corrected chi connectivity index (χ4v) is 2.04. The van der Waals surface area contributed by atoms with Gasteiger partial charge in [-0.2, -0.15) is 0 Å². The van der Waals surface area contributed by atoms with E-state index >= 15 is 0 Å². The Hall–Kier alpha value is -2.43. The van der Waals surface area contributed by atoms with Crippen LogP contribution in [0.2, 0.25) is 0 Å². The highest BCUT2D eigenvalue weighted by Gasteiger charge is 2.15. The van der Waals surface area contributed by atoms with Crippen LogP contribution in [0.4, 0.5) is 10.1 Å². The number of anilines is 1. The van der Waals surface area contributed by atoms with Crippen molar-refractivity contribution in [2.24, 2.45) is 0 Å². The van der Waals surface area contributed by atoms with E-state index in [1.54, 1.807) is 35.2 Å². The Morgan fingerprint density at radius 2 is 2.05 bits per heavy atom. The maximum atomic E-state index is 13.8. The van der Waals surface area contributed by atoms with Crippen molar-refractivity contribution in [1.29, 1.82) is 0 Å². The van der Waals surface area contributed by atoms with Gasteiger partial charge in [-0.3, -0.25) is 0 Å². The van der Waals surface area contributed by atoms with E-state index in [0.717, 1.165) is 0 Å². The number of halogens is 1. The summed E-state index contributed by atoms with van der Waals surface area (Å²) >= 11 is 0. The summed E-state index contributed by atoms with van der Waals surface area (Å²) in [6.07, 6.45) is 1.44. The average Bonchev–Trinajstić information content (AvgIpc) is 2.46. The van der Waals surface area contributed by atoms with Crippen LogP contribution < -0.4 is 4.90 Å². The van der Waals surface area contributed by atoms with Crippen molar-refractivity contribution in [3.63, 3.8) is 0 Å². The molecule has 1 N–H and O–H groups in total. The van der Waals surface area contributed by atoms with Gasteiger partial charge in [0.15, 0.2) is 5.69 Å². The molecule has 0 amide bonds. The highest BCUT2D eigenvalue weighted by molar-refractivity contribution is 5.87. The van der Waals surface area contributed by atoms with Crippen molar-refractivity contribution in [3.8, 4) is 0 Å². The summed E-state index contributed by atoms with van der Waals surface area (Å²) < 4.78 is 13.8. The van der Waals surface area contributed by atoms with Crippen molar-refractivity contribution in [3.05, 3.63) is 59.7 Å². The second kappa shape index (κ2) is 6.14. The molecule has 0 bridgehead atoms. The minimum Gasteiger partial charge on any atom is -0.477 e. The predicted molar refractivity (Wildman–Crippen MR) is 74.3 cm³/mol. The number of pyridine rings is 1. The highest BCUT2D eigenvalue weighted by atomic mass is 19.1. The zero-order chi connectivity index (χ0) is 14.5. The van der Waals surface area contributed by atoms with E-state index in [-0.39, 0.29) is 11.5 Å². The number of para-hydroxylation sites is 1. The van der Waals surface area contributed by atoms with Crippen LogP contribution in [-0.2, 0) is 6.54 Å². The van der Waals surface area contributed by atoms with Gasteiger partial charge in [-0.1, -0.05) is 18.2 Å². The molecule has 0 saturated carbocycles. The lowest BCUT2D eigenvalue weighted by molar-refractivity contribution is 0.0689. The number of carbonyl (C=O) groups is 1. The first-order chi connectivity index (χ1) is 9.63. The molecule has 0 radical (unpaired) electrons. The molecule has 1 heterocycles. The van der Waals surface area contributed by atoms with Gasteiger partial charge in [-0.25, -0.2) is 14.2 Å². The molecule has 0 unspecified atom stereocenters. The average molecular weight is 274 g/mol.